The van der Waals surface area contributed by atoms with Gasteiger partial charge in [-0.1, -0.05) is 13.8 Å². The number of likely N-dealkylation sites (N-methyl/N-ethyl adjacent to an activating group) is 1. The number of H-pyrrole nitrogens is 1. The van der Waals surface area contributed by atoms with Crippen LogP contribution in [-0.4, -0.2) is 29.3 Å². The Kier molecular flexibility index (Phi) is 3.41. The Hall–Kier alpha value is -1.16. The molecule has 4 nitrogen and oxygen atoms in total. The molecule has 4 heteroatoms. The Bertz CT molecular complexity index is 328. The molecule has 78 valence electrons. The predicted octanol–water partition coefficient (Wildman–Crippen LogP) is 1.24. The first-order valence-electron chi connectivity index (χ1n) is 4.80. The third kappa shape index (κ3) is 2.20. The van der Waals surface area contributed by atoms with E-state index in [0.29, 0.717) is 18.2 Å². The van der Waals surface area contributed by atoms with E-state index >= 15 is 0 Å². The molecule has 0 saturated carbocycles. The average Bonchev–Trinajstić information content (AvgIpc) is 2.48. The summed E-state index contributed by atoms with van der Waals surface area (Å²) in [6, 6.07) is 0. The lowest BCUT2D eigenvalue weighted by molar-refractivity contribution is 0.0988. The molecule has 2 N–H and O–H groups in total. The third-order valence-corrected chi connectivity index (χ3v) is 2.05. The van der Waals surface area contributed by atoms with E-state index < -0.39 is 0 Å². The summed E-state index contributed by atoms with van der Waals surface area (Å²) in [5, 5.41) is 2.83. The number of hydrogen-bond acceptors (Lipinski definition) is 3. The summed E-state index contributed by atoms with van der Waals surface area (Å²) in [5.41, 5.74) is 1.41. The van der Waals surface area contributed by atoms with Crippen molar-refractivity contribution in [2.75, 3.05) is 13.6 Å². The van der Waals surface area contributed by atoms with Crippen molar-refractivity contribution in [3.8, 4) is 0 Å². The zero-order valence-corrected chi connectivity index (χ0v) is 9.14. The van der Waals surface area contributed by atoms with Crippen LogP contribution in [0.5, 0.6) is 0 Å². The van der Waals surface area contributed by atoms with Gasteiger partial charge in [-0.05, 0) is 14.0 Å². The van der Waals surface area contributed by atoms with Crippen LogP contribution in [0, 0.1) is 6.92 Å². The van der Waals surface area contributed by atoms with Crippen LogP contribution in [0.1, 0.15) is 41.8 Å². The van der Waals surface area contributed by atoms with Gasteiger partial charge in [0.15, 0.2) is 5.78 Å². The van der Waals surface area contributed by atoms with Gasteiger partial charge in [0.25, 0.3) is 0 Å². The molecule has 1 aromatic heterocycles. The number of nitrogens with one attached hydrogen (secondary N) is 2. The second-order valence-electron chi connectivity index (χ2n) is 3.70. The molecular weight excluding hydrogens is 178 g/mol. The molecule has 0 spiro atoms. The van der Waals surface area contributed by atoms with E-state index in [4.69, 9.17) is 0 Å². The molecule has 0 radical (unpaired) electrons. The molecule has 0 fully saturated rings. The first-order valence-corrected chi connectivity index (χ1v) is 4.80. The van der Waals surface area contributed by atoms with E-state index in [1.54, 1.807) is 7.05 Å². The monoisotopic (exact) mass is 195 g/mol. The minimum atomic E-state index is 0.0353. The highest BCUT2D eigenvalue weighted by Crippen LogP contribution is 2.13. The number of ketones is 1. The smallest absolute Gasteiger partial charge is 0.196 e. The second kappa shape index (κ2) is 4.37. The van der Waals surface area contributed by atoms with Crippen LogP contribution < -0.4 is 5.32 Å². The van der Waals surface area contributed by atoms with Crippen molar-refractivity contribution in [1.29, 1.82) is 0 Å². The number of aromatic nitrogens is 2. The van der Waals surface area contributed by atoms with Crippen LogP contribution in [-0.2, 0) is 0 Å². The quantitative estimate of drug-likeness (QED) is 0.711. The molecule has 0 aliphatic rings. The second-order valence-corrected chi connectivity index (χ2v) is 3.70. The van der Waals surface area contributed by atoms with Crippen molar-refractivity contribution < 1.29 is 4.79 Å². The Morgan fingerprint density at radius 1 is 1.57 bits per heavy atom. The Morgan fingerprint density at radius 2 is 2.21 bits per heavy atom. The standard InChI is InChI=1S/C10H17N3O/c1-6(2)10-12-7(3)9(13-10)8(14)5-11-4/h6,11H,5H2,1-4H3,(H,12,13). The number of nitrogens with zero attached hydrogens (tertiary/aromatic N) is 1. The molecule has 0 aliphatic carbocycles. The van der Waals surface area contributed by atoms with Gasteiger partial charge in [-0.25, -0.2) is 4.98 Å². The first kappa shape index (κ1) is 10.9. The highest BCUT2D eigenvalue weighted by atomic mass is 16.1. The fourth-order valence-electron chi connectivity index (χ4n) is 1.27. The van der Waals surface area contributed by atoms with Gasteiger partial charge in [0.1, 0.15) is 11.5 Å². The van der Waals surface area contributed by atoms with E-state index in [1.165, 1.54) is 0 Å². The Morgan fingerprint density at radius 3 is 2.64 bits per heavy atom. The number of hydrogen-bond donors (Lipinski definition) is 2. The summed E-state index contributed by atoms with van der Waals surface area (Å²) in [5.74, 6) is 1.24. The largest absolute Gasteiger partial charge is 0.345 e. The van der Waals surface area contributed by atoms with Gasteiger partial charge in [-0.2, -0.15) is 0 Å². The lowest BCUT2D eigenvalue weighted by atomic mass is 10.2. The molecular formula is C10H17N3O. The van der Waals surface area contributed by atoms with Crippen molar-refractivity contribution in [3.63, 3.8) is 0 Å². The third-order valence-electron chi connectivity index (χ3n) is 2.05. The number of aromatic amines is 1. The molecule has 0 amide bonds. The van der Waals surface area contributed by atoms with Gasteiger partial charge in [0, 0.05) is 11.6 Å². The summed E-state index contributed by atoms with van der Waals surface area (Å²) < 4.78 is 0. The van der Waals surface area contributed by atoms with Crippen LogP contribution in [0.3, 0.4) is 0 Å². The molecule has 1 aromatic rings. The zero-order valence-electron chi connectivity index (χ0n) is 9.14. The summed E-state index contributed by atoms with van der Waals surface area (Å²) in [4.78, 5) is 19.0. The topological polar surface area (TPSA) is 57.8 Å². The number of rotatable bonds is 4. The Labute approximate surface area is 84.1 Å². The summed E-state index contributed by atoms with van der Waals surface area (Å²) >= 11 is 0. The number of imidazole rings is 1. The predicted molar refractivity (Wildman–Crippen MR) is 55.7 cm³/mol. The number of Topliss-reactive ketones (excluding diaryl/α,β-unsaturated/α-hetero) is 1. The van der Waals surface area contributed by atoms with Crippen LogP contribution in [0.15, 0.2) is 0 Å². The van der Waals surface area contributed by atoms with Crippen LogP contribution in [0.4, 0.5) is 0 Å². The van der Waals surface area contributed by atoms with E-state index in [2.05, 4.69) is 15.3 Å². The molecule has 0 aromatic carbocycles. The van der Waals surface area contributed by atoms with Crippen LogP contribution >= 0.6 is 0 Å². The average molecular weight is 195 g/mol. The van der Waals surface area contributed by atoms with Crippen molar-refractivity contribution in [3.05, 3.63) is 17.2 Å². The maximum absolute atomic E-state index is 11.6. The molecule has 1 rings (SSSR count). The highest BCUT2D eigenvalue weighted by Gasteiger charge is 2.14. The van der Waals surface area contributed by atoms with Gasteiger partial charge in [-0.3, -0.25) is 4.79 Å². The van der Waals surface area contributed by atoms with Gasteiger partial charge in [0.05, 0.1) is 6.54 Å². The van der Waals surface area contributed by atoms with Crippen LogP contribution in [0.2, 0.25) is 0 Å². The molecule has 0 atom stereocenters. The lowest BCUT2D eigenvalue weighted by Crippen LogP contribution is -2.19. The van der Waals surface area contributed by atoms with E-state index in [1.807, 2.05) is 20.8 Å². The normalized spacial score (nSPS) is 10.9. The summed E-state index contributed by atoms with van der Waals surface area (Å²) in [6.45, 7) is 6.31. The number of carbonyl (C=O) groups excluding carboxylic acids is 1. The highest BCUT2D eigenvalue weighted by molar-refractivity contribution is 5.96. The maximum atomic E-state index is 11.6. The summed E-state index contributed by atoms with van der Waals surface area (Å²) in [6.07, 6.45) is 0. The van der Waals surface area contributed by atoms with Crippen molar-refractivity contribution in [1.82, 2.24) is 15.3 Å². The molecule has 1 heterocycles. The van der Waals surface area contributed by atoms with Gasteiger partial charge < -0.3 is 10.3 Å². The maximum Gasteiger partial charge on any atom is 0.196 e. The van der Waals surface area contributed by atoms with Crippen molar-refractivity contribution in [2.45, 2.75) is 26.7 Å². The van der Waals surface area contributed by atoms with Gasteiger partial charge in [0.2, 0.25) is 0 Å². The number of carbonyl (C=O) groups is 1. The Balaban J connectivity index is 2.92. The van der Waals surface area contributed by atoms with E-state index in [-0.39, 0.29) is 5.78 Å². The fourth-order valence-corrected chi connectivity index (χ4v) is 1.27. The minimum absolute atomic E-state index is 0.0353. The van der Waals surface area contributed by atoms with E-state index in [9.17, 15) is 4.79 Å². The molecule has 0 aliphatic heterocycles. The van der Waals surface area contributed by atoms with Gasteiger partial charge >= 0.3 is 0 Å². The molecule has 0 unspecified atom stereocenters. The van der Waals surface area contributed by atoms with Gasteiger partial charge in [-0.15, -0.1) is 0 Å². The molecule has 14 heavy (non-hydrogen) atoms. The fraction of sp³-hybridized carbons (Fsp3) is 0.600. The lowest BCUT2D eigenvalue weighted by Gasteiger charge is -1.97. The van der Waals surface area contributed by atoms with Crippen molar-refractivity contribution >= 4 is 5.78 Å². The first-order chi connectivity index (χ1) is 6.56. The van der Waals surface area contributed by atoms with Crippen molar-refractivity contribution in [2.24, 2.45) is 0 Å². The molecule has 0 bridgehead atoms. The zero-order chi connectivity index (χ0) is 10.7. The summed E-state index contributed by atoms with van der Waals surface area (Å²) in [7, 11) is 1.75. The van der Waals surface area contributed by atoms with Crippen LogP contribution in [0.25, 0.3) is 0 Å². The SMILES string of the molecule is CNCC(=O)c1nc(C(C)C)[nH]c1C. The molecule has 0 saturated heterocycles. The number of aryl methyl sites for hydroxylation is 1. The minimum Gasteiger partial charge on any atom is -0.345 e. The van der Waals surface area contributed by atoms with E-state index in [0.717, 1.165) is 11.5 Å².